The van der Waals surface area contributed by atoms with Crippen LogP contribution in [0.3, 0.4) is 0 Å². The highest BCUT2D eigenvalue weighted by Crippen LogP contribution is 2.52. The molecule has 2 heterocycles. The number of thioether (sulfide) groups is 1. The third kappa shape index (κ3) is 5.11. The van der Waals surface area contributed by atoms with Crippen LogP contribution in [0.25, 0.3) is 0 Å². The topological polar surface area (TPSA) is 139 Å². The fraction of sp³-hybridized carbons (Fsp3) is 0.360. The zero-order valence-electron chi connectivity index (χ0n) is 20.1. The number of benzene rings is 2. The van der Waals surface area contributed by atoms with Crippen LogP contribution >= 0.6 is 23.4 Å². The lowest BCUT2D eigenvalue weighted by molar-refractivity contribution is -0.168. The molecule has 2 aromatic carbocycles. The van der Waals surface area contributed by atoms with E-state index in [0.29, 0.717) is 11.1 Å². The number of halogens is 1. The predicted molar refractivity (Wildman–Crippen MR) is 135 cm³/mol. The molecule has 0 radical (unpaired) electrons. The molecule has 12 heteroatoms. The summed E-state index contributed by atoms with van der Waals surface area (Å²) in [5, 5.41) is 8.86. The minimum Gasteiger partial charge on any atom is -0.508 e. The maximum absolute atomic E-state index is 13.6. The van der Waals surface area contributed by atoms with E-state index in [-0.39, 0.29) is 18.4 Å². The quantitative estimate of drug-likeness (QED) is 0.304. The minimum absolute atomic E-state index is 0.0215. The molecule has 2 aliphatic rings. The molecule has 3 amide bonds. The number of carbonyl (C=O) groups is 4. The Labute approximate surface area is 222 Å². The number of amides is 3. The number of aromatic hydroxyl groups is 1. The number of ether oxygens (including phenoxy) is 2. The Hall–Kier alpha value is -3.28. The van der Waals surface area contributed by atoms with Crippen LogP contribution < -0.4 is 5.73 Å². The first-order chi connectivity index (χ1) is 17.6. The first-order valence-corrected chi connectivity index (χ1v) is 12.8. The number of hydrogen-bond acceptors (Lipinski definition) is 9. The molecule has 4 rings (SSSR count). The van der Waals surface area contributed by atoms with Gasteiger partial charge in [0.2, 0.25) is 0 Å². The van der Waals surface area contributed by atoms with Crippen LogP contribution in [0.2, 0.25) is 0 Å². The molecule has 196 valence electrons. The van der Waals surface area contributed by atoms with Crippen molar-refractivity contribution in [1.29, 1.82) is 0 Å². The Balaban J connectivity index is 1.63. The van der Waals surface area contributed by atoms with Gasteiger partial charge in [-0.1, -0.05) is 54.1 Å². The number of nitrogens with zero attached hydrogens (tertiary/aromatic N) is 2. The molecule has 10 nitrogen and oxygen atoms in total. The molecule has 2 aromatic rings. The zero-order chi connectivity index (χ0) is 26.9. The fourth-order valence-electron chi connectivity index (χ4n) is 4.45. The molecular formula is C25H26ClN3O7S. The van der Waals surface area contributed by atoms with Gasteiger partial charge in [0.1, 0.15) is 29.8 Å². The second-order valence-corrected chi connectivity index (χ2v) is 11.1. The average molecular weight is 548 g/mol. The Kier molecular flexibility index (Phi) is 7.67. The highest BCUT2D eigenvalue weighted by molar-refractivity contribution is 8.01. The number of β-lactam (4-membered cyclic amide) rings is 1. The molecule has 3 N–H and O–H groups in total. The third-order valence-electron chi connectivity index (χ3n) is 6.27. The van der Waals surface area contributed by atoms with E-state index >= 15 is 0 Å². The van der Waals surface area contributed by atoms with Gasteiger partial charge in [0.15, 0.2) is 12.1 Å². The van der Waals surface area contributed by atoms with Gasteiger partial charge in [0, 0.05) is 4.75 Å². The van der Waals surface area contributed by atoms with Crippen molar-refractivity contribution in [3.63, 3.8) is 0 Å². The summed E-state index contributed by atoms with van der Waals surface area (Å²) in [7, 11) is 0. The summed E-state index contributed by atoms with van der Waals surface area (Å²) < 4.78 is 9.59. The number of imide groups is 1. The molecule has 2 aliphatic heterocycles. The maximum Gasteiger partial charge on any atom is 0.417 e. The highest BCUT2D eigenvalue weighted by Gasteiger charge is 2.67. The summed E-state index contributed by atoms with van der Waals surface area (Å²) in [6, 6.07) is 10.6. The number of phenols is 1. The van der Waals surface area contributed by atoms with Gasteiger partial charge in [-0.05, 0) is 37.1 Å². The van der Waals surface area contributed by atoms with Crippen LogP contribution in [0.1, 0.15) is 31.0 Å². The van der Waals surface area contributed by atoms with Gasteiger partial charge >= 0.3 is 12.1 Å². The molecule has 0 bridgehead atoms. The smallest absolute Gasteiger partial charge is 0.417 e. The third-order valence-corrected chi connectivity index (χ3v) is 7.93. The van der Waals surface area contributed by atoms with Crippen molar-refractivity contribution < 1.29 is 33.8 Å². The molecule has 2 saturated heterocycles. The van der Waals surface area contributed by atoms with Crippen LogP contribution in [0.15, 0.2) is 54.6 Å². The Morgan fingerprint density at radius 3 is 2.41 bits per heavy atom. The maximum atomic E-state index is 13.6. The van der Waals surface area contributed by atoms with E-state index in [2.05, 4.69) is 0 Å². The van der Waals surface area contributed by atoms with Crippen LogP contribution in [0.4, 0.5) is 4.79 Å². The van der Waals surface area contributed by atoms with Gasteiger partial charge in [0.05, 0.1) is 0 Å². The van der Waals surface area contributed by atoms with Gasteiger partial charge in [-0.3, -0.25) is 9.59 Å². The van der Waals surface area contributed by atoms with Crippen molar-refractivity contribution in [1.82, 2.24) is 9.80 Å². The van der Waals surface area contributed by atoms with E-state index in [1.807, 2.05) is 6.07 Å². The van der Waals surface area contributed by atoms with Crippen LogP contribution in [-0.4, -0.2) is 67.1 Å². The van der Waals surface area contributed by atoms with Gasteiger partial charge in [0.25, 0.3) is 11.8 Å². The summed E-state index contributed by atoms with van der Waals surface area (Å²) in [4.78, 5) is 54.9. The standard InChI is InChI=1S/C25H26ClN3O7S/c1-25(2)19(23(33)36-13-26)29-21(32)18(22(29)37-25)28(24(34)35-12-14-6-4-3-5-7-14)20(31)17(27)15-8-10-16(30)11-9-15/h3-11,17-19,22,30H,12-13,27H2,1-2H3/t17?,18-,19+,22-/m1/s1. The first kappa shape index (κ1) is 26.8. The van der Waals surface area contributed by atoms with Crippen molar-refractivity contribution >= 4 is 47.2 Å². The van der Waals surface area contributed by atoms with Crippen molar-refractivity contribution in [3.8, 4) is 5.75 Å². The number of rotatable bonds is 7. The van der Waals surface area contributed by atoms with E-state index in [1.54, 1.807) is 38.1 Å². The normalized spacial score (nSPS) is 22.4. The second kappa shape index (κ2) is 10.6. The molecule has 1 unspecified atom stereocenters. The first-order valence-electron chi connectivity index (χ1n) is 11.4. The molecular weight excluding hydrogens is 522 g/mol. The average Bonchev–Trinajstić information content (AvgIpc) is 3.13. The summed E-state index contributed by atoms with van der Waals surface area (Å²) in [6.45, 7) is 3.40. The number of fused-ring (bicyclic) bond motifs is 1. The number of phenolic OH excluding ortho intramolecular Hbond substituents is 1. The number of esters is 1. The van der Waals surface area contributed by atoms with Gasteiger partial charge in [-0.2, -0.15) is 0 Å². The number of nitrogens with two attached hydrogens (primary N) is 1. The minimum atomic E-state index is -1.32. The monoisotopic (exact) mass is 547 g/mol. The molecule has 37 heavy (non-hydrogen) atoms. The highest BCUT2D eigenvalue weighted by atomic mass is 35.5. The van der Waals surface area contributed by atoms with E-state index in [9.17, 15) is 24.3 Å². The summed E-state index contributed by atoms with van der Waals surface area (Å²) >= 11 is 6.82. The lowest BCUT2D eigenvalue weighted by Gasteiger charge is -2.47. The lowest BCUT2D eigenvalue weighted by Crippen LogP contribution is -2.72. The van der Waals surface area contributed by atoms with Gasteiger partial charge in [-0.25, -0.2) is 14.5 Å². The lowest BCUT2D eigenvalue weighted by atomic mass is 9.94. The molecule has 4 atom stereocenters. The summed E-state index contributed by atoms with van der Waals surface area (Å²) in [6.07, 6.45) is -1.04. The second-order valence-electron chi connectivity index (χ2n) is 9.09. The van der Waals surface area contributed by atoms with Gasteiger partial charge in [-0.15, -0.1) is 11.8 Å². The Morgan fingerprint density at radius 1 is 1.14 bits per heavy atom. The van der Waals surface area contributed by atoms with E-state index in [1.165, 1.54) is 40.9 Å². The van der Waals surface area contributed by atoms with Crippen LogP contribution in [-0.2, 0) is 30.5 Å². The fourth-order valence-corrected chi connectivity index (χ4v) is 6.22. The number of hydrogen-bond donors (Lipinski definition) is 2. The van der Waals surface area contributed by atoms with Crippen LogP contribution in [0, 0.1) is 0 Å². The van der Waals surface area contributed by atoms with Crippen molar-refractivity contribution in [2.24, 2.45) is 5.73 Å². The van der Waals surface area contributed by atoms with Gasteiger partial charge < -0.3 is 25.2 Å². The molecule has 0 aliphatic carbocycles. The largest absolute Gasteiger partial charge is 0.508 e. The molecule has 0 aromatic heterocycles. The predicted octanol–water partition coefficient (Wildman–Crippen LogP) is 2.73. The Morgan fingerprint density at radius 2 is 1.78 bits per heavy atom. The van der Waals surface area contributed by atoms with Crippen LogP contribution in [0.5, 0.6) is 5.75 Å². The molecule has 2 fully saturated rings. The van der Waals surface area contributed by atoms with Crippen molar-refractivity contribution in [2.75, 3.05) is 6.07 Å². The summed E-state index contributed by atoms with van der Waals surface area (Å²) in [5.41, 5.74) is 7.22. The van der Waals surface area contributed by atoms with E-state index < -0.39 is 52.1 Å². The molecule has 0 spiro atoms. The van der Waals surface area contributed by atoms with Crippen molar-refractivity contribution in [3.05, 3.63) is 65.7 Å². The summed E-state index contributed by atoms with van der Waals surface area (Å²) in [5.74, 6) is -2.16. The zero-order valence-corrected chi connectivity index (χ0v) is 21.6. The molecule has 0 saturated carbocycles. The number of carbonyl (C=O) groups excluding carboxylic acids is 4. The number of alkyl halides is 1. The van der Waals surface area contributed by atoms with E-state index in [4.69, 9.17) is 26.8 Å². The van der Waals surface area contributed by atoms with E-state index in [0.717, 1.165) is 4.90 Å². The van der Waals surface area contributed by atoms with Crippen molar-refractivity contribution in [2.45, 2.75) is 48.7 Å². The SMILES string of the molecule is CC1(C)S[C@@H]2[C@H](N(C(=O)OCc3ccccc3)C(=O)C(N)c3ccc(O)cc3)C(=O)N2[C@H]1C(=O)OCCl. The Bertz CT molecular complexity index is 1190.